The first kappa shape index (κ1) is 12.1. The van der Waals surface area contributed by atoms with Gasteiger partial charge in [0.2, 0.25) is 0 Å². The number of aromatic hydroxyl groups is 1. The molecule has 0 heterocycles. The SMILES string of the molecule is Cc1ccc(Nc2cc(F)cc(O)c2C=O)cc1. The molecule has 0 aliphatic carbocycles. The molecule has 0 spiro atoms. The molecule has 4 heteroatoms. The van der Waals surface area contributed by atoms with E-state index in [0.717, 1.165) is 11.6 Å². The zero-order chi connectivity index (χ0) is 13.1. The topological polar surface area (TPSA) is 49.3 Å². The number of nitrogens with one attached hydrogen (secondary N) is 1. The van der Waals surface area contributed by atoms with Crippen LogP contribution in [0.25, 0.3) is 0 Å². The lowest BCUT2D eigenvalue weighted by molar-refractivity contribution is 0.112. The summed E-state index contributed by atoms with van der Waals surface area (Å²) in [5.41, 5.74) is 2.09. The van der Waals surface area contributed by atoms with Crippen molar-refractivity contribution in [3.05, 3.63) is 53.3 Å². The molecule has 0 saturated heterocycles. The summed E-state index contributed by atoms with van der Waals surface area (Å²) in [4.78, 5) is 10.9. The lowest BCUT2D eigenvalue weighted by atomic mass is 10.1. The van der Waals surface area contributed by atoms with Gasteiger partial charge in [-0.05, 0) is 25.1 Å². The number of hydrogen-bond acceptors (Lipinski definition) is 3. The molecule has 0 bridgehead atoms. The average molecular weight is 245 g/mol. The molecule has 0 atom stereocenters. The Morgan fingerprint density at radius 2 is 1.89 bits per heavy atom. The monoisotopic (exact) mass is 245 g/mol. The molecular formula is C14H12FNO2. The molecule has 3 nitrogen and oxygen atoms in total. The molecule has 2 aromatic carbocycles. The van der Waals surface area contributed by atoms with E-state index in [1.54, 1.807) is 0 Å². The molecule has 0 fully saturated rings. The number of carbonyl (C=O) groups is 1. The molecule has 0 unspecified atom stereocenters. The molecule has 2 N–H and O–H groups in total. The molecular weight excluding hydrogens is 233 g/mol. The van der Waals surface area contributed by atoms with Gasteiger partial charge < -0.3 is 10.4 Å². The second-order valence-electron chi connectivity index (χ2n) is 4.00. The van der Waals surface area contributed by atoms with E-state index in [4.69, 9.17) is 0 Å². The maximum atomic E-state index is 13.2. The van der Waals surface area contributed by atoms with E-state index in [1.165, 1.54) is 6.07 Å². The van der Waals surface area contributed by atoms with Gasteiger partial charge in [-0.2, -0.15) is 0 Å². The first-order valence-electron chi connectivity index (χ1n) is 5.41. The maximum absolute atomic E-state index is 13.2. The van der Waals surface area contributed by atoms with Crippen LogP contribution in [0.1, 0.15) is 15.9 Å². The summed E-state index contributed by atoms with van der Waals surface area (Å²) in [7, 11) is 0. The van der Waals surface area contributed by atoms with Gasteiger partial charge in [0.15, 0.2) is 6.29 Å². The number of hydrogen-bond donors (Lipinski definition) is 2. The van der Waals surface area contributed by atoms with E-state index in [9.17, 15) is 14.3 Å². The summed E-state index contributed by atoms with van der Waals surface area (Å²) in [6.45, 7) is 1.95. The van der Waals surface area contributed by atoms with Gasteiger partial charge in [0, 0.05) is 11.8 Å². The predicted octanol–water partition coefficient (Wildman–Crippen LogP) is 3.40. The van der Waals surface area contributed by atoms with Crippen LogP contribution in [-0.4, -0.2) is 11.4 Å². The number of halogens is 1. The Labute approximate surface area is 104 Å². The van der Waals surface area contributed by atoms with E-state index in [-0.39, 0.29) is 17.0 Å². The summed E-state index contributed by atoms with van der Waals surface area (Å²) in [5.74, 6) is -0.979. The summed E-state index contributed by atoms with van der Waals surface area (Å²) in [5, 5.41) is 12.4. The zero-order valence-corrected chi connectivity index (χ0v) is 9.77. The van der Waals surface area contributed by atoms with Crippen LogP contribution >= 0.6 is 0 Å². The van der Waals surface area contributed by atoms with Crippen molar-refractivity contribution in [1.82, 2.24) is 0 Å². The quantitative estimate of drug-likeness (QED) is 0.815. The van der Waals surface area contributed by atoms with E-state index in [0.29, 0.717) is 12.0 Å². The summed E-state index contributed by atoms with van der Waals surface area (Å²) in [6.07, 6.45) is 0.491. The smallest absolute Gasteiger partial charge is 0.155 e. The highest BCUT2D eigenvalue weighted by Gasteiger charge is 2.10. The number of anilines is 2. The molecule has 2 rings (SSSR count). The molecule has 0 aromatic heterocycles. The first-order valence-corrected chi connectivity index (χ1v) is 5.41. The van der Waals surface area contributed by atoms with E-state index in [2.05, 4.69) is 5.32 Å². The van der Waals surface area contributed by atoms with Crippen molar-refractivity contribution in [3.63, 3.8) is 0 Å². The van der Waals surface area contributed by atoms with E-state index < -0.39 is 5.82 Å². The number of phenolic OH excluding ortho intramolecular Hbond substituents is 1. The van der Waals surface area contributed by atoms with E-state index in [1.807, 2.05) is 31.2 Å². The lowest BCUT2D eigenvalue weighted by Crippen LogP contribution is -1.97. The van der Waals surface area contributed by atoms with E-state index >= 15 is 0 Å². The van der Waals surface area contributed by atoms with Crippen LogP contribution in [0.15, 0.2) is 36.4 Å². The number of aryl methyl sites for hydroxylation is 1. The molecule has 0 radical (unpaired) electrons. The van der Waals surface area contributed by atoms with Crippen LogP contribution in [0.5, 0.6) is 5.75 Å². The fraction of sp³-hybridized carbons (Fsp3) is 0.0714. The van der Waals surface area contributed by atoms with Gasteiger partial charge in [-0.25, -0.2) is 4.39 Å². The highest BCUT2D eigenvalue weighted by molar-refractivity contribution is 5.89. The fourth-order valence-electron chi connectivity index (χ4n) is 1.62. The predicted molar refractivity (Wildman–Crippen MR) is 67.9 cm³/mol. The lowest BCUT2D eigenvalue weighted by Gasteiger charge is -2.10. The number of carbonyl (C=O) groups excluding carboxylic acids is 1. The fourth-order valence-corrected chi connectivity index (χ4v) is 1.62. The average Bonchev–Trinajstić information content (AvgIpc) is 2.32. The molecule has 0 saturated carbocycles. The zero-order valence-electron chi connectivity index (χ0n) is 9.77. The number of phenols is 1. The van der Waals surface area contributed by atoms with Crippen LogP contribution in [0.4, 0.5) is 15.8 Å². The summed E-state index contributed by atoms with van der Waals surface area (Å²) >= 11 is 0. The standard InChI is InChI=1S/C14H12FNO2/c1-9-2-4-11(5-3-9)16-13-6-10(15)7-14(18)12(13)8-17/h2-8,16,18H,1H3. The Morgan fingerprint density at radius 3 is 2.50 bits per heavy atom. The molecule has 0 aliphatic rings. The molecule has 92 valence electrons. The van der Waals surface area contributed by atoms with Crippen molar-refractivity contribution >= 4 is 17.7 Å². The highest BCUT2D eigenvalue weighted by atomic mass is 19.1. The van der Waals surface area contributed by atoms with Crippen molar-refractivity contribution < 1.29 is 14.3 Å². The van der Waals surface area contributed by atoms with Crippen LogP contribution in [0.3, 0.4) is 0 Å². The van der Waals surface area contributed by atoms with Crippen LogP contribution in [0.2, 0.25) is 0 Å². The summed E-state index contributed by atoms with van der Waals surface area (Å²) in [6, 6.07) is 9.48. The first-order chi connectivity index (χ1) is 8.60. The Kier molecular flexibility index (Phi) is 3.28. The van der Waals surface area contributed by atoms with Gasteiger partial charge in [-0.1, -0.05) is 17.7 Å². The van der Waals surface area contributed by atoms with Gasteiger partial charge in [-0.3, -0.25) is 4.79 Å². The van der Waals surface area contributed by atoms with Crippen LogP contribution in [0, 0.1) is 12.7 Å². The molecule has 18 heavy (non-hydrogen) atoms. The third-order valence-corrected chi connectivity index (χ3v) is 2.57. The van der Waals surface area contributed by atoms with Crippen molar-refractivity contribution in [2.24, 2.45) is 0 Å². The largest absolute Gasteiger partial charge is 0.507 e. The number of rotatable bonds is 3. The van der Waals surface area contributed by atoms with Gasteiger partial charge >= 0.3 is 0 Å². The highest BCUT2D eigenvalue weighted by Crippen LogP contribution is 2.28. The minimum absolute atomic E-state index is 0.0389. The molecule has 0 amide bonds. The normalized spacial score (nSPS) is 10.1. The Morgan fingerprint density at radius 1 is 1.22 bits per heavy atom. The minimum atomic E-state index is -0.604. The van der Waals surface area contributed by atoms with Gasteiger partial charge in [0.1, 0.15) is 11.6 Å². The third kappa shape index (κ3) is 2.48. The Balaban J connectivity index is 2.39. The summed E-state index contributed by atoms with van der Waals surface area (Å²) < 4.78 is 13.2. The third-order valence-electron chi connectivity index (χ3n) is 2.57. The minimum Gasteiger partial charge on any atom is -0.507 e. The molecule has 2 aromatic rings. The van der Waals surface area contributed by atoms with Crippen molar-refractivity contribution in [2.75, 3.05) is 5.32 Å². The second-order valence-corrected chi connectivity index (χ2v) is 4.00. The van der Waals surface area contributed by atoms with Crippen LogP contribution < -0.4 is 5.32 Å². The second kappa shape index (κ2) is 4.87. The van der Waals surface area contributed by atoms with Gasteiger partial charge in [0.05, 0.1) is 11.3 Å². The Bertz CT molecular complexity index is 579. The maximum Gasteiger partial charge on any atom is 0.155 e. The van der Waals surface area contributed by atoms with Gasteiger partial charge in [-0.15, -0.1) is 0 Å². The van der Waals surface area contributed by atoms with Crippen molar-refractivity contribution in [2.45, 2.75) is 6.92 Å². The Hall–Kier alpha value is -2.36. The van der Waals surface area contributed by atoms with Crippen LogP contribution in [-0.2, 0) is 0 Å². The van der Waals surface area contributed by atoms with Crippen molar-refractivity contribution in [1.29, 1.82) is 0 Å². The van der Waals surface area contributed by atoms with Gasteiger partial charge in [0.25, 0.3) is 0 Å². The number of benzene rings is 2. The number of aldehydes is 1. The molecule has 0 aliphatic heterocycles. The van der Waals surface area contributed by atoms with Crippen molar-refractivity contribution in [3.8, 4) is 5.75 Å².